The summed E-state index contributed by atoms with van der Waals surface area (Å²) in [5, 5.41) is 11.9. The third kappa shape index (κ3) is 6.70. The Bertz CT molecular complexity index is 621. The summed E-state index contributed by atoms with van der Waals surface area (Å²) in [6, 6.07) is 17.6. The predicted octanol–water partition coefficient (Wildman–Crippen LogP) is 4.06. The van der Waals surface area contributed by atoms with Crippen molar-refractivity contribution in [1.29, 1.82) is 0 Å². The molecule has 120 valence electrons. The van der Waals surface area contributed by atoms with Gasteiger partial charge >= 0.3 is 5.97 Å². The summed E-state index contributed by atoms with van der Waals surface area (Å²) < 4.78 is 5.09. The van der Waals surface area contributed by atoms with E-state index in [0.717, 1.165) is 25.1 Å². The molecule has 0 bridgehead atoms. The fourth-order valence-corrected chi connectivity index (χ4v) is 2.05. The van der Waals surface area contributed by atoms with Crippen molar-refractivity contribution < 1.29 is 14.6 Å². The molecule has 0 spiro atoms. The molecule has 0 aliphatic carbocycles. The molecule has 0 aliphatic rings. The molecular weight excluding hydrogens is 290 g/mol. The van der Waals surface area contributed by atoms with Crippen molar-refractivity contribution in [1.82, 2.24) is 0 Å². The highest BCUT2D eigenvalue weighted by molar-refractivity contribution is 5.68. The van der Waals surface area contributed by atoms with Crippen molar-refractivity contribution in [3.8, 4) is 5.75 Å². The van der Waals surface area contributed by atoms with Crippen molar-refractivity contribution in [3.63, 3.8) is 0 Å². The van der Waals surface area contributed by atoms with Crippen LogP contribution >= 0.6 is 0 Å². The van der Waals surface area contributed by atoms with Crippen LogP contribution in [0.1, 0.15) is 18.4 Å². The first kappa shape index (κ1) is 16.6. The highest BCUT2D eigenvalue weighted by atomic mass is 16.5. The fraction of sp³-hybridized carbons (Fsp3) is 0.211. The van der Waals surface area contributed by atoms with Gasteiger partial charge in [0.15, 0.2) is 6.61 Å². The molecule has 0 heterocycles. The second-order valence-corrected chi connectivity index (χ2v) is 5.09. The van der Waals surface area contributed by atoms with Gasteiger partial charge in [0, 0.05) is 12.2 Å². The number of carboxylic acids is 1. The SMILES string of the molecule is O=C(O)COc1ccc(NCCCC=Cc2ccccc2)cc1. The Morgan fingerprint density at radius 3 is 2.52 bits per heavy atom. The van der Waals surface area contributed by atoms with Crippen molar-refractivity contribution in [2.75, 3.05) is 18.5 Å². The molecule has 0 aromatic heterocycles. The lowest BCUT2D eigenvalue weighted by molar-refractivity contribution is -0.139. The van der Waals surface area contributed by atoms with Crippen LogP contribution in [0.2, 0.25) is 0 Å². The molecule has 0 aliphatic heterocycles. The zero-order valence-corrected chi connectivity index (χ0v) is 12.9. The van der Waals surface area contributed by atoms with Gasteiger partial charge < -0.3 is 15.2 Å². The molecule has 0 radical (unpaired) electrons. The van der Waals surface area contributed by atoms with Gasteiger partial charge in [0.1, 0.15) is 5.75 Å². The molecule has 0 unspecified atom stereocenters. The van der Waals surface area contributed by atoms with Crippen molar-refractivity contribution in [2.24, 2.45) is 0 Å². The van der Waals surface area contributed by atoms with Gasteiger partial charge in [-0.05, 0) is 42.7 Å². The number of ether oxygens (including phenoxy) is 1. The average molecular weight is 311 g/mol. The van der Waals surface area contributed by atoms with Crippen LogP contribution in [0, 0.1) is 0 Å². The van der Waals surface area contributed by atoms with Crippen LogP contribution in [0.4, 0.5) is 5.69 Å². The summed E-state index contributed by atoms with van der Waals surface area (Å²) in [6.07, 6.45) is 6.37. The Kier molecular flexibility index (Phi) is 6.72. The van der Waals surface area contributed by atoms with Crippen molar-refractivity contribution >= 4 is 17.7 Å². The molecule has 2 N–H and O–H groups in total. The third-order valence-electron chi connectivity index (χ3n) is 3.20. The number of nitrogens with one attached hydrogen (secondary N) is 1. The van der Waals surface area contributed by atoms with Gasteiger partial charge in [-0.1, -0.05) is 42.5 Å². The Labute approximate surface area is 136 Å². The average Bonchev–Trinajstić information content (AvgIpc) is 2.58. The van der Waals surface area contributed by atoms with Gasteiger partial charge in [-0.2, -0.15) is 0 Å². The van der Waals surface area contributed by atoms with E-state index in [4.69, 9.17) is 9.84 Å². The predicted molar refractivity (Wildman–Crippen MR) is 92.8 cm³/mol. The minimum Gasteiger partial charge on any atom is -0.482 e. The number of carboxylic acid groups (broad SMARTS) is 1. The van der Waals surface area contributed by atoms with Crippen LogP contribution in [-0.4, -0.2) is 24.2 Å². The Hall–Kier alpha value is -2.75. The van der Waals surface area contributed by atoms with Crippen LogP contribution in [-0.2, 0) is 4.79 Å². The summed E-state index contributed by atoms with van der Waals surface area (Å²) in [6.45, 7) is 0.564. The number of aliphatic carboxylic acids is 1. The number of rotatable bonds is 9. The summed E-state index contributed by atoms with van der Waals surface area (Å²) in [7, 11) is 0. The monoisotopic (exact) mass is 311 g/mol. The molecule has 0 amide bonds. The maximum Gasteiger partial charge on any atom is 0.341 e. The van der Waals surface area contributed by atoms with E-state index in [9.17, 15) is 4.79 Å². The minimum atomic E-state index is -0.976. The van der Waals surface area contributed by atoms with E-state index in [-0.39, 0.29) is 6.61 Å². The molecule has 0 atom stereocenters. The van der Waals surface area contributed by atoms with Crippen molar-refractivity contribution in [2.45, 2.75) is 12.8 Å². The molecule has 2 aromatic carbocycles. The lowest BCUT2D eigenvalue weighted by atomic mass is 10.2. The molecular formula is C19H21NO3. The van der Waals surface area contributed by atoms with Gasteiger partial charge in [0.2, 0.25) is 0 Å². The quantitative estimate of drug-likeness (QED) is 0.686. The first-order chi connectivity index (χ1) is 11.2. The lowest BCUT2D eigenvalue weighted by Crippen LogP contribution is -2.09. The summed E-state index contributed by atoms with van der Waals surface area (Å²) in [4.78, 5) is 10.4. The summed E-state index contributed by atoms with van der Waals surface area (Å²) in [5.41, 5.74) is 2.22. The Balaban J connectivity index is 1.64. The standard InChI is InChI=1S/C19H21NO3/c21-19(22)15-23-18-12-10-17(11-13-18)20-14-6-2-5-9-16-7-3-1-4-8-16/h1,3-5,7-13,20H,2,6,14-15H2,(H,21,22). The summed E-state index contributed by atoms with van der Waals surface area (Å²) >= 11 is 0. The van der Waals surface area contributed by atoms with Crippen molar-refractivity contribution in [3.05, 3.63) is 66.2 Å². The van der Waals surface area contributed by atoms with Gasteiger partial charge in [0.25, 0.3) is 0 Å². The Morgan fingerprint density at radius 2 is 1.83 bits per heavy atom. The van der Waals surface area contributed by atoms with Gasteiger partial charge in [0.05, 0.1) is 0 Å². The first-order valence-corrected chi connectivity index (χ1v) is 7.64. The molecule has 4 heteroatoms. The van der Waals surface area contributed by atoms with E-state index in [1.165, 1.54) is 5.56 Å². The van der Waals surface area contributed by atoms with E-state index in [2.05, 4.69) is 29.6 Å². The third-order valence-corrected chi connectivity index (χ3v) is 3.20. The molecule has 4 nitrogen and oxygen atoms in total. The van der Waals surface area contributed by atoms with Crippen LogP contribution in [0.3, 0.4) is 0 Å². The van der Waals surface area contributed by atoms with Crippen LogP contribution in [0.5, 0.6) is 5.75 Å². The molecule has 0 saturated heterocycles. The number of hydrogen-bond acceptors (Lipinski definition) is 3. The minimum absolute atomic E-state index is 0.319. The van der Waals surface area contributed by atoms with Crippen LogP contribution in [0.15, 0.2) is 60.7 Å². The smallest absolute Gasteiger partial charge is 0.341 e. The maximum absolute atomic E-state index is 10.4. The maximum atomic E-state index is 10.4. The zero-order valence-electron chi connectivity index (χ0n) is 12.9. The fourth-order valence-electron chi connectivity index (χ4n) is 2.05. The van der Waals surface area contributed by atoms with E-state index in [1.807, 2.05) is 30.3 Å². The molecule has 0 fully saturated rings. The van der Waals surface area contributed by atoms with Gasteiger partial charge in [-0.25, -0.2) is 4.79 Å². The zero-order chi connectivity index (χ0) is 16.3. The molecule has 0 saturated carbocycles. The number of carbonyl (C=O) groups is 1. The van der Waals surface area contributed by atoms with Gasteiger partial charge in [-0.15, -0.1) is 0 Å². The number of hydrogen-bond donors (Lipinski definition) is 2. The molecule has 23 heavy (non-hydrogen) atoms. The second-order valence-electron chi connectivity index (χ2n) is 5.09. The topological polar surface area (TPSA) is 58.6 Å². The van der Waals surface area contributed by atoms with E-state index in [0.29, 0.717) is 5.75 Å². The van der Waals surface area contributed by atoms with Crippen LogP contribution in [0.25, 0.3) is 6.08 Å². The number of anilines is 1. The van der Waals surface area contributed by atoms with Crippen LogP contribution < -0.4 is 10.1 Å². The van der Waals surface area contributed by atoms with E-state index in [1.54, 1.807) is 12.1 Å². The first-order valence-electron chi connectivity index (χ1n) is 7.64. The lowest BCUT2D eigenvalue weighted by Gasteiger charge is -2.07. The molecule has 2 aromatic rings. The largest absolute Gasteiger partial charge is 0.482 e. The number of allylic oxidation sites excluding steroid dienone is 1. The second kappa shape index (κ2) is 9.30. The van der Waals surface area contributed by atoms with Gasteiger partial charge in [-0.3, -0.25) is 0 Å². The summed E-state index contributed by atoms with van der Waals surface area (Å²) in [5.74, 6) is -0.417. The van der Waals surface area contributed by atoms with E-state index < -0.39 is 5.97 Å². The normalized spacial score (nSPS) is 10.6. The number of unbranched alkanes of at least 4 members (excludes halogenated alkanes) is 1. The van der Waals surface area contributed by atoms with E-state index >= 15 is 0 Å². The highest BCUT2D eigenvalue weighted by Crippen LogP contribution is 2.15. The number of benzene rings is 2. The Morgan fingerprint density at radius 1 is 1.09 bits per heavy atom. The molecule has 2 rings (SSSR count). The highest BCUT2D eigenvalue weighted by Gasteiger charge is 1.99.